The van der Waals surface area contributed by atoms with Gasteiger partial charge in [0, 0.05) is 23.7 Å². The van der Waals surface area contributed by atoms with Crippen LogP contribution >= 0.6 is 35.8 Å². The van der Waals surface area contributed by atoms with Gasteiger partial charge in [-0.3, -0.25) is 9.59 Å². The quantitative estimate of drug-likeness (QED) is 0.789. The lowest BCUT2D eigenvalue weighted by molar-refractivity contribution is -0.127. The standard InChI is InChI=1S/C15H19ClN2O2S.ClH/c16-13-3-1-12(2-4-13)14(19)9-21-10-15(20)18-6-5-11(7-17)8-18;/h1-4,11H,5-10,17H2;1H. The highest BCUT2D eigenvalue weighted by Crippen LogP contribution is 2.17. The van der Waals surface area contributed by atoms with E-state index in [2.05, 4.69) is 0 Å². The van der Waals surface area contributed by atoms with Gasteiger partial charge in [-0.1, -0.05) is 11.6 Å². The molecule has 4 nitrogen and oxygen atoms in total. The number of benzene rings is 1. The third-order valence-corrected chi connectivity index (χ3v) is 4.77. The molecule has 0 bridgehead atoms. The van der Waals surface area contributed by atoms with Gasteiger partial charge in [-0.2, -0.15) is 0 Å². The van der Waals surface area contributed by atoms with Crippen LogP contribution in [-0.4, -0.2) is 47.7 Å². The van der Waals surface area contributed by atoms with E-state index in [1.165, 1.54) is 11.8 Å². The Hall–Kier alpha value is -0.750. The molecule has 2 N–H and O–H groups in total. The molecule has 1 aromatic rings. The average Bonchev–Trinajstić information content (AvgIpc) is 2.96. The number of hydrogen-bond donors (Lipinski definition) is 1. The van der Waals surface area contributed by atoms with Gasteiger partial charge < -0.3 is 10.6 Å². The summed E-state index contributed by atoms with van der Waals surface area (Å²) in [5.41, 5.74) is 6.24. The Bertz CT molecular complexity index is 511. The van der Waals surface area contributed by atoms with Crippen molar-refractivity contribution in [2.75, 3.05) is 31.1 Å². The van der Waals surface area contributed by atoms with Crippen molar-refractivity contribution in [2.45, 2.75) is 6.42 Å². The number of Topliss-reactive ketones (excluding diaryl/α,β-unsaturated/α-hetero) is 1. The smallest absolute Gasteiger partial charge is 0.232 e. The van der Waals surface area contributed by atoms with Crippen LogP contribution in [0.5, 0.6) is 0 Å². The van der Waals surface area contributed by atoms with E-state index in [0.29, 0.717) is 34.6 Å². The molecule has 0 spiro atoms. The maximum Gasteiger partial charge on any atom is 0.232 e. The first-order chi connectivity index (χ1) is 10.1. The van der Waals surface area contributed by atoms with E-state index in [-0.39, 0.29) is 24.1 Å². The second kappa shape index (κ2) is 9.40. The number of thioether (sulfide) groups is 1. The molecule has 1 amide bonds. The maximum atomic E-state index is 12.0. The summed E-state index contributed by atoms with van der Waals surface area (Å²) in [6.45, 7) is 2.17. The van der Waals surface area contributed by atoms with Crippen LogP contribution in [0.2, 0.25) is 5.02 Å². The van der Waals surface area contributed by atoms with Crippen LogP contribution in [0.3, 0.4) is 0 Å². The molecule has 1 aliphatic rings. The van der Waals surface area contributed by atoms with Crippen molar-refractivity contribution >= 4 is 47.5 Å². The lowest BCUT2D eigenvalue weighted by Crippen LogP contribution is -2.31. The molecule has 22 heavy (non-hydrogen) atoms. The number of ketones is 1. The molecular formula is C15H20Cl2N2O2S. The van der Waals surface area contributed by atoms with Crippen molar-refractivity contribution in [3.05, 3.63) is 34.9 Å². The summed E-state index contributed by atoms with van der Waals surface area (Å²) in [4.78, 5) is 25.8. The highest BCUT2D eigenvalue weighted by molar-refractivity contribution is 8.00. The molecule has 122 valence electrons. The first kappa shape index (κ1) is 19.3. The van der Waals surface area contributed by atoms with Crippen molar-refractivity contribution in [3.63, 3.8) is 0 Å². The Morgan fingerprint density at radius 2 is 1.95 bits per heavy atom. The van der Waals surface area contributed by atoms with Gasteiger partial charge >= 0.3 is 0 Å². The third-order valence-electron chi connectivity index (χ3n) is 3.60. The third kappa shape index (κ3) is 5.47. The molecular weight excluding hydrogens is 343 g/mol. The predicted molar refractivity (Wildman–Crippen MR) is 94.1 cm³/mol. The SMILES string of the molecule is Cl.NCC1CCN(C(=O)CSCC(=O)c2ccc(Cl)cc2)C1. The highest BCUT2D eigenvalue weighted by Gasteiger charge is 2.24. The Labute approximate surface area is 146 Å². The van der Waals surface area contributed by atoms with Crippen LogP contribution in [0.15, 0.2) is 24.3 Å². The van der Waals surface area contributed by atoms with Crippen LogP contribution in [0.4, 0.5) is 0 Å². The summed E-state index contributed by atoms with van der Waals surface area (Å²) < 4.78 is 0. The van der Waals surface area contributed by atoms with E-state index in [1.54, 1.807) is 24.3 Å². The zero-order valence-electron chi connectivity index (χ0n) is 12.2. The first-order valence-corrected chi connectivity index (χ1v) is 8.47. The molecule has 2 rings (SSSR count). The number of nitrogens with zero attached hydrogens (tertiary/aromatic N) is 1. The molecule has 0 radical (unpaired) electrons. The summed E-state index contributed by atoms with van der Waals surface area (Å²) in [6, 6.07) is 6.81. The molecule has 1 aromatic carbocycles. The molecule has 1 unspecified atom stereocenters. The largest absolute Gasteiger partial charge is 0.342 e. The fraction of sp³-hybridized carbons (Fsp3) is 0.467. The maximum absolute atomic E-state index is 12.0. The summed E-state index contributed by atoms with van der Waals surface area (Å²) in [5.74, 6) is 1.19. The van der Waals surface area contributed by atoms with Crippen LogP contribution < -0.4 is 5.73 Å². The lowest BCUT2D eigenvalue weighted by atomic mass is 10.1. The number of carbonyl (C=O) groups is 2. The van der Waals surface area contributed by atoms with Gasteiger partial charge in [-0.15, -0.1) is 24.2 Å². The topological polar surface area (TPSA) is 63.4 Å². The molecule has 0 saturated carbocycles. The number of likely N-dealkylation sites (tertiary alicyclic amines) is 1. The van der Waals surface area contributed by atoms with Crippen LogP contribution in [0.25, 0.3) is 0 Å². The number of nitrogens with two attached hydrogens (primary N) is 1. The highest BCUT2D eigenvalue weighted by atomic mass is 35.5. The first-order valence-electron chi connectivity index (χ1n) is 6.94. The number of carbonyl (C=O) groups excluding carboxylic acids is 2. The van der Waals surface area contributed by atoms with Crippen molar-refractivity contribution in [2.24, 2.45) is 11.7 Å². The second-order valence-electron chi connectivity index (χ2n) is 5.15. The number of hydrogen-bond acceptors (Lipinski definition) is 4. The fourth-order valence-electron chi connectivity index (χ4n) is 2.29. The van der Waals surface area contributed by atoms with Gasteiger partial charge in [-0.05, 0) is 43.1 Å². The Morgan fingerprint density at radius 1 is 1.27 bits per heavy atom. The Balaban J connectivity index is 0.00000242. The van der Waals surface area contributed by atoms with Crippen LogP contribution in [-0.2, 0) is 4.79 Å². The van der Waals surface area contributed by atoms with Crippen LogP contribution in [0.1, 0.15) is 16.8 Å². The monoisotopic (exact) mass is 362 g/mol. The minimum Gasteiger partial charge on any atom is -0.342 e. The lowest BCUT2D eigenvalue weighted by Gasteiger charge is -2.15. The number of rotatable bonds is 6. The molecule has 7 heteroatoms. The Morgan fingerprint density at radius 3 is 2.55 bits per heavy atom. The Kier molecular flexibility index (Phi) is 8.25. The molecule has 1 heterocycles. The van der Waals surface area contributed by atoms with Crippen molar-refractivity contribution in [3.8, 4) is 0 Å². The molecule has 1 fully saturated rings. The summed E-state index contributed by atoms with van der Waals surface area (Å²) in [6.07, 6.45) is 0.983. The van der Waals surface area contributed by atoms with Gasteiger partial charge in [0.25, 0.3) is 0 Å². The van der Waals surface area contributed by atoms with E-state index in [1.807, 2.05) is 4.90 Å². The van der Waals surface area contributed by atoms with E-state index >= 15 is 0 Å². The normalized spacial score (nSPS) is 17.2. The van der Waals surface area contributed by atoms with Crippen molar-refractivity contribution in [1.29, 1.82) is 0 Å². The van der Waals surface area contributed by atoms with Gasteiger partial charge in [-0.25, -0.2) is 0 Å². The molecule has 1 saturated heterocycles. The van der Waals surface area contributed by atoms with E-state index in [4.69, 9.17) is 17.3 Å². The zero-order chi connectivity index (χ0) is 15.2. The predicted octanol–water partition coefficient (Wildman–Crippen LogP) is 2.48. The summed E-state index contributed by atoms with van der Waals surface area (Å²) in [5, 5.41) is 0.609. The summed E-state index contributed by atoms with van der Waals surface area (Å²) in [7, 11) is 0. The molecule has 1 aliphatic heterocycles. The zero-order valence-corrected chi connectivity index (χ0v) is 14.6. The summed E-state index contributed by atoms with van der Waals surface area (Å²) >= 11 is 7.14. The number of halogens is 2. The van der Waals surface area contributed by atoms with Gasteiger partial charge in [0.05, 0.1) is 11.5 Å². The van der Waals surface area contributed by atoms with Gasteiger partial charge in [0.1, 0.15) is 0 Å². The van der Waals surface area contributed by atoms with Crippen molar-refractivity contribution < 1.29 is 9.59 Å². The fourth-order valence-corrected chi connectivity index (χ4v) is 3.23. The second-order valence-corrected chi connectivity index (χ2v) is 6.58. The van der Waals surface area contributed by atoms with Crippen molar-refractivity contribution in [1.82, 2.24) is 4.90 Å². The molecule has 1 atom stereocenters. The van der Waals surface area contributed by atoms with Gasteiger partial charge in [0.2, 0.25) is 5.91 Å². The molecule has 0 aliphatic carbocycles. The average molecular weight is 363 g/mol. The number of amides is 1. The minimum absolute atomic E-state index is 0. The van der Waals surface area contributed by atoms with Gasteiger partial charge in [0.15, 0.2) is 5.78 Å². The van der Waals surface area contributed by atoms with Crippen LogP contribution in [0, 0.1) is 5.92 Å². The minimum atomic E-state index is 0. The van der Waals surface area contributed by atoms with E-state index in [9.17, 15) is 9.59 Å². The molecule has 0 aromatic heterocycles. The van der Waals surface area contributed by atoms with E-state index < -0.39 is 0 Å². The van der Waals surface area contributed by atoms with E-state index in [0.717, 1.165) is 19.5 Å².